The molecule has 1 amide bonds. The second-order valence-electron chi connectivity index (χ2n) is 7.34. The molecule has 1 aromatic heterocycles. The second-order valence-corrected chi connectivity index (χ2v) is 10.0. The van der Waals surface area contributed by atoms with Crippen molar-refractivity contribution in [2.75, 3.05) is 18.4 Å². The number of piperidine rings is 1. The summed E-state index contributed by atoms with van der Waals surface area (Å²) in [7, 11) is -3.97. The van der Waals surface area contributed by atoms with Crippen LogP contribution < -0.4 is 10.9 Å². The van der Waals surface area contributed by atoms with Crippen LogP contribution in [0.15, 0.2) is 34.1 Å². The van der Waals surface area contributed by atoms with E-state index in [0.717, 1.165) is 15.2 Å². The van der Waals surface area contributed by atoms with Crippen molar-refractivity contribution in [2.45, 2.75) is 31.2 Å². The minimum absolute atomic E-state index is 0.0360. The van der Waals surface area contributed by atoms with E-state index in [1.54, 1.807) is 6.92 Å². The van der Waals surface area contributed by atoms with Gasteiger partial charge in [-0.1, -0.05) is 29.3 Å². The lowest BCUT2D eigenvalue weighted by Crippen LogP contribution is -2.42. The highest BCUT2D eigenvalue weighted by atomic mass is 35.5. The molecule has 0 aliphatic carbocycles. The van der Waals surface area contributed by atoms with Crippen LogP contribution in [0.1, 0.15) is 18.4 Å². The standard InChI is InChI=1S/C19H20Cl2N4O6S/c1-11-4-5-13(23-16(26)10-25-18(27)17(21)14(20)8-22-25)7-15(11)32(30,31)24-6-2-3-12(9-24)19(28)29/h4-5,7-8,12H,2-3,6,9-10H2,1H3,(H,23,26)(H,28,29). The Hall–Kier alpha value is -2.47. The van der Waals surface area contributed by atoms with Gasteiger partial charge in [0.05, 0.1) is 22.0 Å². The molecule has 10 nitrogen and oxygen atoms in total. The summed E-state index contributed by atoms with van der Waals surface area (Å²) in [6.45, 7) is 1.25. The van der Waals surface area contributed by atoms with Gasteiger partial charge in [0.15, 0.2) is 0 Å². The zero-order chi connectivity index (χ0) is 23.6. The first-order valence-electron chi connectivity index (χ1n) is 9.55. The molecule has 1 saturated heterocycles. The lowest BCUT2D eigenvalue weighted by atomic mass is 10.0. The van der Waals surface area contributed by atoms with Crippen LogP contribution in [0.2, 0.25) is 10.0 Å². The number of nitrogens with zero attached hydrogens (tertiary/aromatic N) is 3. The molecule has 0 saturated carbocycles. The third-order valence-corrected chi connectivity index (χ3v) is 7.81. The molecule has 13 heteroatoms. The first kappa shape index (κ1) is 24.2. The van der Waals surface area contributed by atoms with E-state index < -0.39 is 39.9 Å². The van der Waals surface area contributed by atoms with Crippen molar-refractivity contribution in [3.8, 4) is 0 Å². The Kier molecular flexibility index (Phi) is 7.23. The molecule has 2 N–H and O–H groups in total. The summed E-state index contributed by atoms with van der Waals surface area (Å²) in [4.78, 5) is 35.7. The van der Waals surface area contributed by atoms with Gasteiger partial charge in [-0.15, -0.1) is 0 Å². The third kappa shape index (κ3) is 5.12. The van der Waals surface area contributed by atoms with Crippen molar-refractivity contribution >= 4 is 50.8 Å². The lowest BCUT2D eigenvalue weighted by molar-refractivity contribution is -0.142. The molecule has 1 atom stereocenters. The van der Waals surface area contributed by atoms with Crippen molar-refractivity contribution in [1.82, 2.24) is 14.1 Å². The summed E-state index contributed by atoms with van der Waals surface area (Å²) in [5.41, 5.74) is -0.0959. The fraction of sp³-hybridized carbons (Fsp3) is 0.368. The summed E-state index contributed by atoms with van der Waals surface area (Å²) < 4.78 is 28.3. The number of hydrogen-bond donors (Lipinski definition) is 2. The number of aliphatic carboxylic acids is 1. The third-order valence-electron chi connectivity index (χ3n) is 5.06. The van der Waals surface area contributed by atoms with Crippen LogP contribution >= 0.6 is 23.2 Å². The highest BCUT2D eigenvalue weighted by Crippen LogP contribution is 2.28. The van der Waals surface area contributed by atoms with Crippen LogP contribution in [-0.2, 0) is 26.2 Å². The molecule has 1 aliphatic heterocycles. The van der Waals surface area contributed by atoms with E-state index >= 15 is 0 Å². The molecule has 1 fully saturated rings. The predicted molar refractivity (Wildman–Crippen MR) is 117 cm³/mol. The fourth-order valence-electron chi connectivity index (χ4n) is 3.35. The summed E-state index contributed by atoms with van der Waals surface area (Å²) in [6.07, 6.45) is 1.99. The van der Waals surface area contributed by atoms with Gasteiger partial charge in [0, 0.05) is 18.8 Å². The molecule has 1 aromatic carbocycles. The first-order valence-corrected chi connectivity index (χ1v) is 11.7. The molecule has 0 radical (unpaired) electrons. The summed E-state index contributed by atoms with van der Waals surface area (Å²) >= 11 is 11.5. The molecule has 172 valence electrons. The number of aromatic nitrogens is 2. The Morgan fingerprint density at radius 1 is 1.31 bits per heavy atom. The van der Waals surface area contributed by atoms with Crippen LogP contribution in [-0.4, -0.2) is 52.6 Å². The van der Waals surface area contributed by atoms with Crippen molar-refractivity contribution in [1.29, 1.82) is 0 Å². The van der Waals surface area contributed by atoms with E-state index in [1.165, 1.54) is 18.2 Å². The van der Waals surface area contributed by atoms with Crippen LogP contribution in [0.4, 0.5) is 5.69 Å². The van der Waals surface area contributed by atoms with E-state index in [-0.39, 0.29) is 33.7 Å². The van der Waals surface area contributed by atoms with Gasteiger partial charge in [0.1, 0.15) is 11.6 Å². The number of nitrogens with one attached hydrogen (secondary N) is 1. The van der Waals surface area contributed by atoms with Gasteiger partial charge < -0.3 is 10.4 Å². The molecular weight excluding hydrogens is 483 g/mol. The Morgan fingerprint density at radius 2 is 2.03 bits per heavy atom. The number of hydrogen-bond acceptors (Lipinski definition) is 6. The number of amides is 1. The maximum absolute atomic E-state index is 13.2. The van der Waals surface area contributed by atoms with Gasteiger partial charge in [-0.2, -0.15) is 9.40 Å². The summed E-state index contributed by atoms with van der Waals surface area (Å²) in [5, 5.41) is 15.2. The van der Waals surface area contributed by atoms with Gasteiger partial charge in [-0.05, 0) is 37.5 Å². The average Bonchev–Trinajstić information content (AvgIpc) is 2.75. The number of carboxylic acids is 1. The van der Waals surface area contributed by atoms with E-state index in [0.29, 0.717) is 18.4 Å². The zero-order valence-electron chi connectivity index (χ0n) is 16.9. The number of benzene rings is 1. The Morgan fingerprint density at radius 3 is 2.72 bits per heavy atom. The molecule has 3 rings (SSSR count). The molecule has 1 unspecified atom stereocenters. The quantitative estimate of drug-likeness (QED) is 0.615. The Labute approximate surface area is 193 Å². The molecule has 2 heterocycles. The average molecular weight is 503 g/mol. The van der Waals surface area contributed by atoms with E-state index in [9.17, 15) is 27.9 Å². The van der Waals surface area contributed by atoms with Gasteiger partial charge in [-0.3, -0.25) is 14.4 Å². The monoisotopic (exact) mass is 502 g/mol. The van der Waals surface area contributed by atoms with E-state index in [4.69, 9.17) is 23.2 Å². The number of halogens is 2. The van der Waals surface area contributed by atoms with Crippen LogP contribution in [0.5, 0.6) is 0 Å². The summed E-state index contributed by atoms with van der Waals surface area (Å²) in [5.74, 6) is -2.43. The molecule has 0 bridgehead atoms. The SMILES string of the molecule is Cc1ccc(NC(=O)Cn2ncc(Cl)c(Cl)c2=O)cc1S(=O)(=O)N1CCCC(C(=O)O)C1. The van der Waals surface area contributed by atoms with Gasteiger partial charge in [0.25, 0.3) is 5.56 Å². The van der Waals surface area contributed by atoms with E-state index in [2.05, 4.69) is 10.4 Å². The van der Waals surface area contributed by atoms with Gasteiger partial charge in [-0.25, -0.2) is 13.1 Å². The number of carbonyl (C=O) groups is 2. The van der Waals surface area contributed by atoms with Crippen LogP contribution in [0.25, 0.3) is 0 Å². The molecule has 32 heavy (non-hydrogen) atoms. The highest BCUT2D eigenvalue weighted by Gasteiger charge is 2.34. The number of carboxylic acid groups (broad SMARTS) is 1. The molecule has 2 aromatic rings. The molecule has 1 aliphatic rings. The van der Waals surface area contributed by atoms with Gasteiger partial charge >= 0.3 is 5.97 Å². The van der Waals surface area contributed by atoms with Crippen molar-refractivity contribution in [3.05, 3.63) is 50.4 Å². The lowest BCUT2D eigenvalue weighted by Gasteiger charge is -2.30. The van der Waals surface area contributed by atoms with E-state index in [1.807, 2.05) is 0 Å². The first-order chi connectivity index (χ1) is 15.0. The van der Waals surface area contributed by atoms with Crippen molar-refractivity contribution < 1.29 is 23.1 Å². The molecule has 0 spiro atoms. The van der Waals surface area contributed by atoms with Crippen molar-refractivity contribution in [3.63, 3.8) is 0 Å². The number of aryl methyl sites for hydroxylation is 1. The number of sulfonamides is 1. The highest BCUT2D eigenvalue weighted by molar-refractivity contribution is 7.89. The minimum Gasteiger partial charge on any atom is -0.481 e. The zero-order valence-corrected chi connectivity index (χ0v) is 19.2. The fourth-order valence-corrected chi connectivity index (χ4v) is 5.40. The molecular formula is C19H20Cl2N4O6S. The maximum Gasteiger partial charge on any atom is 0.307 e. The van der Waals surface area contributed by atoms with Gasteiger partial charge in [0.2, 0.25) is 15.9 Å². The maximum atomic E-state index is 13.2. The number of rotatable bonds is 6. The minimum atomic E-state index is -3.97. The Bertz CT molecular complexity index is 1230. The Balaban J connectivity index is 1.81. The van der Waals surface area contributed by atoms with Crippen LogP contribution in [0.3, 0.4) is 0 Å². The largest absolute Gasteiger partial charge is 0.481 e. The smallest absolute Gasteiger partial charge is 0.307 e. The number of anilines is 1. The van der Waals surface area contributed by atoms with Crippen molar-refractivity contribution in [2.24, 2.45) is 5.92 Å². The van der Waals surface area contributed by atoms with Crippen LogP contribution in [0, 0.1) is 12.8 Å². The number of carbonyl (C=O) groups excluding carboxylic acids is 1. The summed E-state index contributed by atoms with van der Waals surface area (Å²) in [6, 6.07) is 4.36. The second kappa shape index (κ2) is 9.57. The predicted octanol–water partition coefficient (Wildman–Crippen LogP) is 1.98. The normalized spacial score (nSPS) is 17.2. The topological polar surface area (TPSA) is 139 Å².